The predicted octanol–water partition coefficient (Wildman–Crippen LogP) is 1.22. The topological polar surface area (TPSA) is 58.1 Å². The average Bonchev–Trinajstić information content (AvgIpc) is 2.30. The number of nitrogens with one attached hydrogen (secondary N) is 1. The minimum Gasteiger partial charge on any atom is -0.352 e. The van der Waals surface area contributed by atoms with Crippen LogP contribution in [0.2, 0.25) is 0 Å². The predicted molar refractivity (Wildman–Crippen MR) is 67.8 cm³/mol. The van der Waals surface area contributed by atoms with Crippen LogP contribution in [0.3, 0.4) is 0 Å². The first-order valence-electron chi connectivity index (χ1n) is 5.90. The Morgan fingerprint density at radius 2 is 2.29 bits per heavy atom. The molecule has 1 atom stereocenters. The smallest absolute Gasteiger partial charge is 0.239 e. The van der Waals surface area contributed by atoms with Crippen LogP contribution < -0.4 is 10.2 Å². The first-order valence-corrected chi connectivity index (χ1v) is 5.90. The van der Waals surface area contributed by atoms with Gasteiger partial charge < -0.3 is 10.2 Å². The van der Waals surface area contributed by atoms with Gasteiger partial charge in [0.05, 0.1) is 12.7 Å². The highest BCUT2D eigenvalue weighted by atomic mass is 16.2. The summed E-state index contributed by atoms with van der Waals surface area (Å²) >= 11 is 0. The van der Waals surface area contributed by atoms with Crippen molar-refractivity contribution in [3.05, 3.63) is 18.6 Å². The summed E-state index contributed by atoms with van der Waals surface area (Å²) in [6, 6.07) is 0.225. The molecule has 1 heterocycles. The van der Waals surface area contributed by atoms with Crippen LogP contribution in [0.15, 0.2) is 18.6 Å². The maximum atomic E-state index is 11.7. The van der Waals surface area contributed by atoms with Crippen LogP contribution in [-0.4, -0.2) is 35.5 Å². The number of carbonyl (C=O) groups is 1. The lowest BCUT2D eigenvalue weighted by Gasteiger charge is -2.19. The van der Waals surface area contributed by atoms with Gasteiger partial charge in [-0.25, -0.2) is 4.98 Å². The first kappa shape index (κ1) is 13.4. The molecule has 0 saturated heterocycles. The van der Waals surface area contributed by atoms with Crippen molar-refractivity contribution in [2.24, 2.45) is 0 Å². The third kappa shape index (κ3) is 4.80. The third-order valence-corrected chi connectivity index (χ3v) is 2.45. The highest BCUT2D eigenvalue weighted by Gasteiger charge is 2.10. The molecule has 0 radical (unpaired) electrons. The molecule has 1 aromatic heterocycles. The maximum Gasteiger partial charge on any atom is 0.239 e. The summed E-state index contributed by atoms with van der Waals surface area (Å²) in [6.45, 7) is 4.42. The van der Waals surface area contributed by atoms with E-state index in [0.29, 0.717) is 12.4 Å². The standard InChI is InChI=1S/C12H20N4O/c1-4-5-10(2)15-12(17)9-16(3)11-8-13-6-7-14-11/h6-8,10H,4-5,9H2,1-3H3,(H,15,17)/t10-/m0/s1. The largest absolute Gasteiger partial charge is 0.352 e. The van der Waals surface area contributed by atoms with Gasteiger partial charge in [0.2, 0.25) is 5.91 Å². The lowest BCUT2D eigenvalue weighted by Crippen LogP contribution is -2.40. The SMILES string of the molecule is CCC[C@H](C)NC(=O)CN(C)c1cnccn1. The molecule has 94 valence electrons. The monoisotopic (exact) mass is 236 g/mol. The number of carbonyl (C=O) groups excluding carboxylic acids is 1. The van der Waals surface area contributed by atoms with Crippen LogP contribution in [0.1, 0.15) is 26.7 Å². The summed E-state index contributed by atoms with van der Waals surface area (Å²) in [5.74, 6) is 0.713. The van der Waals surface area contributed by atoms with Crippen LogP contribution in [0, 0.1) is 0 Å². The zero-order valence-electron chi connectivity index (χ0n) is 10.7. The molecule has 0 aliphatic carbocycles. The number of anilines is 1. The van der Waals surface area contributed by atoms with Gasteiger partial charge in [-0.15, -0.1) is 0 Å². The fourth-order valence-corrected chi connectivity index (χ4v) is 1.61. The molecule has 0 aliphatic heterocycles. The van der Waals surface area contributed by atoms with Crippen molar-refractivity contribution in [2.45, 2.75) is 32.7 Å². The van der Waals surface area contributed by atoms with Crippen LogP contribution in [0.25, 0.3) is 0 Å². The lowest BCUT2D eigenvalue weighted by molar-refractivity contribution is -0.120. The van der Waals surface area contributed by atoms with E-state index in [4.69, 9.17) is 0 Å². The number of rotatable bonds is 6. The quantitative estimate of drug-likeness (QED) is 0.806. The Kier molecular flexibility index (Phi) is 5.39. The fourth-order valence-electron chi connectivity index (χ4n) is 1.61. The number of likely N-dealkylation sites (N-methyl/N-ethyl adjacent to an activating group) is 1. The molecule has 17 heavy (non-hydrogen) atoms. The van der Waals surface area contributed by atoms with Gasteiger partial charge in [0, 0.05) is 25.5 Å². The Hall–Kier alpha value is -1.65. The highest BCUT2D eigenvalue weighted by molar-refractivity contribution is 5.81. The van der Waals surface area contributed by atoms with Crippen molar-refractivity contribution in [1.82, 2.24) is 15.3 Å². The Labute approximate surface area is 102 Å². The minimum absolute atomic E-state index is 0.0131. The Morgan fingerprint density at radius 3 is 2.88 bits per heavy atom. The molecular formula is C12H20N4O. The Balaban J connectivity index is 2.41. The molecule has 1 N–H and O–H groups in total. The minimum atomic E-state index is 0.0131. The van der Waals surface area contributed by atoms with E-state index in [1.165, 1.54) is 0 Å². The van der Waals surface area contributed by atoms with E-state index in [2.05, 4.69) is 22.2 Å². The lowest BCUT2D eigenvalue weighted by atomic mass is 10.2. The number of nitrogens with zero attached hydrogens (tertiary/aromatic N) is 3. The molecule has 0 bridgehead atoms. The van der Waals surface area contributed by atoms with Gasteiger partial charge in [0.1, 0.15) is 5.82 Å². The second-order valence-corrected chi connectivity index (χ2v) is 4.18. The van der Waals surface area contributed by atoms with Crippen molar-refractivity contribution >= 4 is 11.7 Å². The normalized spacial score (nSPS) is 11.9. The molecule has 0 saturated carbocycles. The van der Waals surface area contributed by atoms with E-state index < -0.39 is 0 Å². The van der Waals surface area contributed by atoms with E-state index in [0.717, 1.165) is 12.8 Å². The Morgan fingerprint density at radius 1 is 1.53 bits per heavy atom. The first-order chi connectivity index (χ1) is 8.13. The van der Waals surface area contributed by atoms with Crippen LogP contribution >= 0.6 is 0 Å². The van der Waals surface area contributed by atoms with Gasteiger partial charge in [-0.2, -0.15) is 0 Å². The van der Waals surface area contributed by atoms with E-state index in [1.54, 1.807) is 23.5 Å². The molecule has 5 nitrogen and oxygen atoms in total. The molecule has 0 aromatic carbocycles. The Bertz CT molecular complexity index is 342. The van der Waals surface area contributed by atoms with Gasteiger partial charge >= 0.3 is 0 Å². The molecular weight excluding hydrogens is 216 g/mol. The van der Waals surface area contributed by atoms with Gasteiger partial charge in [-0.3, -0.25) is 9.78 Å². The second kappa shape index (κ2) is 6.83. The third-order valence-electron chi connectivity index (χ3n) is 2.45. The number of aromatic nitrogens is 2. The molecule has 1 aromatic rings. The summed E-state index contributed by atoms with van der Waals surface area (Å²) in [4.78, 5) is 21.6. The zero-order chi connectivity index (χ0) is 12.7. The number of hydrogen-bond acceptors (Lipinski definition) is 4. The van der Waals surface area contributed by atoms with Crippen LogP contribution in [-0.2, 0) is 4.79 Å². The summed E-state index contributed by atoms with van der Waals surface area (Å²) < 4.78 is 0. The van der Waals surface area contributed by atoms with Gasteiger partial charge in [-0.05, 0) is 13.3 Å². The number of hydrogen-bond donors (Lipinski definition) is 1. The van der Waals surface area contributed by atoms with Crippen molar-refractivity contribution in [1.29, 1.82) is 0 Å². The molecule has 5 heteroatoms. The highest BCUT2D eigenvalue weighted by Crippen LogP contribution is 2.03. The van der Waals surface area contributed by atoms with E-state index in [1.807, 2.05) is 14.0 Å². The van der Waals surface area contributed by atoms with Crippen LogP contribution in [0.5, 0.6) is 0 Å². The van der Waals surface area contributed by atoms with Crippen molar-refractivity contribution in [3.63, 3.8) is 0 Å². The average molecular weight is 236 g/mol. The number of amides is 1. The summed E-state index contributed by atoms with van der Waals surface area (Å²) in [5.41, 5.74) is 0. The fraction of sp³-hybridized carbons (Fsp3) is 0.583. The zero-order valence-corrected chi connectivity index (χ0v) is 10.7. The molecule has 0 fully saturated rings. The van der Waals surface area contributed by atoms with E-state index >= 15 is 0 Å². The molecule has 0 aliphatic rings. The molecule has 0 spiro atoms. The van der Waals surface area contributed by atoms with Gasteiger partial charge in [0.15, 0.2) is 0 Å². The van der Waals surface area contributed by atoms with E-state index in [-0.39, 0.29) is 11.9 Å². The van der Waals surface area contributed by atoms with Gasteiger partial charge in [-0.1, -0.05) is 13.3 Å². The van der Waals surface area contributed by atoms with Crippen molar-refractivity contribution < 1.29 is 4.79 Å². The molecule has 1 amide bonds. The summed E-state index contributed by atoms with van der Waals surface area (Å²) in [6.07, 6.45) is 6.94. The van der Waals surface area contributed by atoms with Crippen molar-refractivity contribution in [3.8, 4) is 0 Å². The van der Waals surface area contributed by atoms with Crippen molar-refractivity contribution in [2.75, 3.05) is 18.5 Å². The second-order valence-electron chi connectivity index (χ2n) is 4.18. The summed E-state index contributed by atoms with van der Waals surface area (Å²) in [7, 11) is 1.83. The molecule has 0 unspecified atom stereocenters. The maximum absolute atomic E-state index is 11.7. The van der Waals surface area contributed by atoms with E-state index in [9.17, 15) is 4.79 Å². The summed E-state index contributed by atoms with van der Waals surface area (Å²) in [5, 5.41) is 2.95. The van der Waals surface area contributed by atoms with Crippen LogP contribution in [0.4, 0.5) is 5.82 Å². The molecule has 1 rings (SSSR count). The van der Waals surface area contributed by atoms with Gasteiger partial charge in [0.25, 0.3) is 0 Å².